The maximum absolute atomic E-state index is 10.9. The number of carboxylic acid groups (broad SMARTS) is 3. The van der Waals surface area contributed by atoms with E-state index in [4.69, 9.17) is 15.3 Å². The lowest BCUT2D eigenvalue weighted by molar-refractivity contribution is 0.0629. The number of nitrogens with one attached hydrogen (secondary N) is 1. The summed E-state index contributed by atoms with van der Waals surface area (Å²) in [7, 11) is 0. The van der Waals surface area contributed by atoms with E-state index in [1.165, 1.54) is 0 Å². The molecule has 0 amide bonds. The fraction of sp³-hybridized carbons (Fsp3) is 0. The summed E-state index contributed by atoms with van der Waals surface area (Å²) in [5.74, 6) is -5.16. The van der Waals surface area contributed by atoms with Crippen LogP contribution in [-0.4, -0.2) is 38.2 Å². The monoisotopic (exact) mass is 227 g/mol. The molecule has 8 heteroatoms. The van der Waals surface area contributed by atoms with Crippen LogP contribution in [0, 0.1) is 0 Å². The Kier molecular flexibility index (Phi) is 2.75. The van der Waals surface area contributed by atoms with Crippen molar-refractivity contribution in [1.82, 2.24) is 4.98 Å². The lowest BCUT2D eigenvalue weighted by Gasteiger charge is -2.04. The summed E-state index contributed by atoms with van der Waals surface area (Å²) in [6, 6.07) is 0.512. The van der Waals surface area contributed by atoms with E-state index in [1.807, 2.05) is 0 Å². The molecule has 0 bridgehead atoms. The first-order valence-electron chi connectivity index (χ1n) is 3.81. The van der Waals surface area contributed by atoms with Crippen LogP contribution in [0.3, 0.4) is 0 Å². The lowest BCUT2D eigenvalue weighted by atomic mass is 10.1. The molecule has 8 nitrogen and oxygen atoms in total. The van der Waals surface area contributed by atoms with E-state index in [1.54, 1.807) is 4.98 Å². The van der Waals surface area contributed by atoms with Crippen LogP contribution >= 0.6 is 0 Å². The molecule has 0 atom stereocenters. The average molecular weight is 227 g/mol. The van der Waals surface area contributed by atoms with E-state index in [0.717, 1.165) is 0 Å². The van der Waals surface area contributed by atoms with Gasteiger partial charge >= 0.3 is 17.9 Å². The molecular weight excluding hydrogens is 222 g/mol. The zero-order valence-corrected chi connectivity index (χ0v) is 7.55. The van der Waals surface area contributed by atoms with E-state index in [0.29, 0.717) is 6.07 Å². The van der Waals surface area contributed by atoms with Crippen molar-refractivity contribution >= 4 is 17.9 Å². The number of pyridine rings is 1. The predicted octanol–water partition coefficient (Wildman–Crippen LogP) is -0.530. The molecule has 1 aromatic heterocycles. The van der Waals surface area contributed by atoms with Crippen LogP contribution < -0.4 is 5.56 Å². The van der Waals surface area contributed by atoms with Crippen LogP contribution in [0.15, 0.2) is 10.9 Å². The van der Waals surface area contributed by atoms with Gasteiger partial charge in [-0.25, -0.2) is 14.4 Å². The first-order valence-corrected chi connectivity index (χ1v) is 3.81. The van der Waals surface area contributed by atoms with Crippen molar-refractivity contribution in [3.8, 4) is 0 Å². The summed E-state index contributed by atoms with van der Waals surface area (Å²) >= 11 is 0. The summed E-state index contributed by atoms with van der Waals surface area (Å²) in [5.41, 5.74) is -3.79. The topological polar surface area (TPSA) is 145 Å². The number of hydrogen-bond acceptors (Lipinski definition) is 4. The minimum atomic E-state index is -1.74. The van der Waals surface area contributed by atoms with Gasteiger partial charge in [0, 0.05) is 6.07 Å². The van der Waals surface area contributed by atoms with Gasteiger partial charge in [0.05, 0.1) is 5.56 Å². The second kappa shape index (κ2) is 3.85. The maximum Gasteiger partial charge on any atom is 0.353 e. The zero-order valence-electron chi connectivity index (χ0n) is 7.55. The summed E-state index contributed by atoms with van der Waals surface area (Å²) in [4.78, 5) is 44.7. The Hall–Kier alpha value is -2.64. The molecule has 0 fully saturated rings. The molecule has 1 heterocycles. The largest absolute Gasteiger partial charge is 0.478 e. The molecule has 0 radical (unpaired) electrons. The lowest BCUT2D eigenvalue weighted by Crippen LogP contribution is -2.22. The second-order valence-corrected chi connectivity index (χ2v) is 2.71. The van der Waals surface area contributed by atoms with Gasteiger partial charge in [-0.3, -0.25) is 4.79 Å². The Balaban J connectivity index is 3.74. The number of rotatable bonds is 3. The molecular formula is C8H5NO7. The maximum atomic E-state index is 10.9. The highest BCUT2D eigenvalue weighted by atomic mass is 16.4. The average Bonchev–Trinajstić information content (AvgIpc) is 2.15. The highest BCUT2D eigenvalue weighted by Gasteiger charge is 2.25. The zero-order chi connectivity index (χ0) is 12.5. The number of aromatic carboxylic acids is 3. The smallest absolute Gasteiger partial charge is 0.353 e. The van der Waals surface area contributed by atoms with Crippen molar-refractivity contribution in [3.05, 3.63) is 33.2 Å². The minimum absolute atomic E-state index is 0.512. The fourth-order valence-corrected chi connectivity index (χ4v) is 1.11. The van der Waals surface area contributed by atoms with E-state index < -0.39 is 40.3 Å². The van der Waals surface area contributed by atoms with E-state index in [-0.39, 0.29) is 0 Å². The van der Waals surface area contributed by atoms with Crippen LogP contribution in [0.25, 0.3) is 0 Å². The SMILES string of the molecule is O=C(O)c1cc(=O)[nH]c(C(=O)O)c1C(=O)O. The summed E-state index contributed by atoms with van der Waals surface area (Å²) < 4.78 is 0. The molecule has 16 heavy (non-hydrogen) atoms. The highest BCUT2D eigenvalue weighted by Crippen LogP contribution is 2.11. The summed E-state index contributed by atoms with van der Waals surface area (Å²) in [6.45, 7) is 0. The minimum Gasteiger partial charge on any atom is -0.478 e. The Morgan fingerprint density at radius 3 is 1.94 bits per heavy atom. The van der Waals surface area contributed by atoms with Crippen molar-refractivity contribution in [3.63, 3.8) is 0 Å². The normalized spacial score (nSPS) is 9.75. The first kappa shape index (κ1) is 11.4. The summed E-state index contributed by atoms with van der Waals surface area (Å²) in [5, 5.41) is 25.9. The number of carbonyl (C=O) groups is 3. The van der Waals surface area contributed by atoms with Gasteiger partial charge in [0.15, 0.2) is 0 Å². The van der Waals surface area contributed by atoms with Crippen LogP contribution in [-0.2, 0) is 0 Å². The molecule has 1 rings (SSSR count). The van der Waals surface area contributed by atoms with Gasteiger partial charge in [0.1, 0.15) is 11.3 Å². The fourth-order valence-electron chi connectivity index (χ4n) is 1.11. The Morgan fingerprint density at radius 1 is 1.00 bits per heavy atom. The van der Waals surface area contributed by atoms with Gasteiger partial charge in [-0.05, 0) is 0 Å². The van der Waals surface area contributed by atoms with Crippen LogP contribution in [0.5, 0.6) is 0 Å². The highest BCUT2D eigenvalue weighted by molar-refractivity contribution is 6.07. The van der Waals surface area contributed by atoms with Gasteiger partial charge in [0.25, 0.3) is 0 Å². The van der Waals surface area contributed by atoms with Gasteiger partial charge in [-0.15, -0.1) is 0 Å². The quantitative estimate of drug-likeness (QED) is 0.542. The van der Waals surface area contributed by atoms with Crippen molar-refractivity contribution in [2.24, 2.45) is 0 Å². The molecule has 84 valence electrons. The molecule has 0 aliphatic carbocycles. The van der Waals surface area contributed by atoms with Crippen molar-refractivity contribution in [1.29, 1.82) is 0 Å². The molecule has 0 saturated carbocycles. The van der Waals surface area contributed by atoms with E-state index >= 15 is 0 Å². The Morgan fingerprint density at radius 2 is 1.56 bits per heavy atom. The molecule has 4 N–H and O–H groups in total. The van der Waals surface area contributed by atoms with Crippen molar-refractivity contribution < 1.29 is 29.7 Å². The summed E-state index contributed by atoms with van der Waals surface area (Å²) in [6.07, 6.45) is 0. The van der Waals surface area contributed by atoms with Gasteiger partial charge in [-0.2, -0.15) is 0 Å². The molecule has 0 aromatic carbocycles. The molecule has 0 aliphatic heterocycles. The van der Waals surface area contributed by atoms with Gasteiger partial charge < -0.3 is 20.3 Å². The first-order chi connectivity index (χ1) is 7.34. The van der Waals surface area contributed by atoms with Crippen LogP contribution in [0.2, 0.25) is 0 Å². The van der Waals surface area contributed by atoms with E-state index in [9.17, 15) is 19.2 Å². The Labute approximate surface area is 86.8 Å². The standard InChI is InChI=1S/C8H5NO7/c10-3-1-2(6(11)12)4(7(13)14)5(9-3)8(15)16/h1H,(H,9,10)(H,11,12)(H,13,14)(H,15,16). The number of aromatic nitrogens is 1. The Bertz CT molecular complexity index is 504. The van der Waals surface area contributed by atoms with Gasteiger partial charge in [-0.1, -0.05) is 0 Å². The third-order valence-corrected chi connectivity index (χ3v) is 1.70. The molecule has 1 aromatic rings. The van der Waals surface area contributed by atoms with Crippen molar-refractivity contribution in [2.45, 2.75) is 0 Å². The molecule has 0 aliphatic rings. The van der Waals surface area contributed by atoms with Gasteiger partial charge in [0.2, 0.25) is 5.56 Å². The van der Waals surface area contributed by atoms with Crippen LogP contribution in [0.4, 0.5) is 0 Å². The third kappa shape index (κ3) is 1.90. The second-order valence-electron chi connectivity index (χ2n) is 2.71. The predicted molar refractivity (Wildman–Crippen MR) is 47.9 cm³/mol. The third-order valence-electron chi connectivity index (χ3n) is 1.70. The van der Waals surface area contributed by atoms with E-state index in [2.05, 4.69) is 0 Å². The number of aromatic amines is 1. The number of carboxylic acids is 3. The number of hydrogen-bond donors (Lipinski definition) is 4. The molecule has 0 unspecified atom stereocenters. The van der Waals surface area contributed by atoms with Crippen molar-refractivity contribution in [2.75, 3.05) is 0 Å². The van der Waals surface area contributed by atoms with Crippen LogP contribution in [0.1, 0.15) is 31.2 Å². The molecule has 0 spiro atoms. The molecule has 0 saturated heterocycles. The number of H-pyrrole nitrogens is 1.